The van der Waals surface area contributed by atoms with E-state index in [1.54, 1.807) is 5.56 Å². The van der Waals surface area contributed by atoms with Crippen LogP contribution < -0.4 is 0 Å². The third kappa shape index (κ3) is 14.3. The van der Waals surface area contributed by atoms with Crippen molar-refractivity contribution in [2.24, 2.45) is 0 Å². The molecule has 0 spiro atoms. The first-order chi connectivity index (χ1) is 15.5. The summed E-state index contributed by atoms with van der Waals surface area (Å²) in [5, 5.41) is 17.5. The van der Waals surface area contributed by atoms with Gasteiger partial charge in [-0.3, -0.25) is 9.59 Å². The highest BCUT2D eigenvalue weighted by Crippen LogP contribution is 2.23. The Morgan fingerprint density at radius 1 is 0.594 bits per heavy atom. The third-order valence-electron chi connectivity index (χ3n) is 6.32. The molecule has 0 aromatic heterocycles. The molecule has 32 heavy (non-hydrogen) atoms. The van der Waals surface area contributed by atoms with Gasteiger partial charge in [0.1, 0.15) is 0 Å². The van der Waals surface area contributed by atoms with Gasteiger partial charge in [-0.1, -0.05) is 82.9 Å². The van der Waals surface area contributed by atoms with E-state index in [1.807, 2.05) is 0 Å². The van der Waals surface area contributed by atoms with E-state index in [-0.39, 0.29) is 0 Å². The Kier molecular flexibility index (Phi) is 16.5. The summed E-state index contributed by atoms with van der Waals surface area (Å²) < 4.78 is 0. The minimum absolute atomic E-state index is 0.292. The molecule has 0 saturated carbocycles. The fourth-order valence-corrected chi connectivity index (χ4v) is 4.45. The van der Waals surface area contributed by atoms with E-state index in [0.717, 1.165) is 51.4 Å². The van der Waals surface area contributed by atoms with Crippen molar-refractivity contribution in [3.05, 3.63) is 34.9 Å². The summed E-state index contributed by atoms with van der Waals surface area (Å²) >= 11 is 0. The Labute approximate surface area is 195 Å². The lowest BCUT2D eigenvalue weighted by Crippen LogP contribution is -2.02. The van der Waals surface area contributed by atoms with Gasteiger partial charge in [-0.15, -0.1) is 0 Å². The minimum Gasteiger partial charge on any atom is -0.481 e. The molecule has 0 aliphatic heterocycles. The van der Waals surface area contributed by atoms with E-state index in [2.05, 4.69) is 25.1 Å². The smallest absolute Gasteiger partial charge is 0.303 e. The van der Waals surface area contributed by atoms with Gasteiger partial charge in [0, 0.05) is 12.8 Å². The molecular formula is C28H46O4. The first-order valence-corrected chi connectivity index (χ1v) is 13.1. The maximum absolute atomic E-state index is 10.6. The Morgan fingerprint density at radius 3 is 1.47 bits per heavy atom. The average molecular weight is 447 g/mol. The fourth-order valence-electron chi connectivity index (χ4n) is 4.45. The third-order valence-corrected chi connectivity index (χ3v) is 6.32. The highest BCUT2D eigenvalue weighted by Gasteiger charge is 2.09. The Morgan fingerprint density at radius 2 is 1.00 bits per heavy atom. The van der Waals surface area contributed by atoms with Gasteiger partial charge in [0.05, 0.1) is 0 Å². The summed E-state index contributed by atoms with van der Waals surface area (Å²) in [5.41, 5.74) is 4.61. The molecule has 1 aromatic rings. The van der Waals surface area contributed by atoms with Crippen LogP contribution in [0.3, 0.4) is 0 Å². The standard InChI is InChI=1S/C28H46O4/c1-2-3-4-11-17-24-19-16-20-25(18-12-7-5-9-14-22-27(29)30)26(24)21-13-8-6-10-15-23-28(31)32/h16,19-20H,2-15,17-18,21-23H2,1H3,(H,29,30)(H,31,32). The highest BCUT2D eigenvalue weighted by atomic mass is 16.4. The first-order valence-electron chi connectivity index (χ1n) is 13.1. The van der Waals surface area contributed by atoms with Crippen molar-refractivity contribution >= 4 is 11.9 Å². The summed E-state index contributed by atoms with van der Waals surface area (Å²) in [6.45, 7) is 2.25. The normalized spacial score (nSPS) is 11.0. The van der Waals surface area contributed by atoms with Crippen LogP contribution in [0.4, 0.5) is 0 Å². The first kappa shape index (κ1) is 28.2. The molecule has 0 aliphatic carbocycles. The number of benzene rings is 1. The number of hydrogen-bond acceptors (Lipinski definition) is 2. The number of carboxylic acid groups (broad SMARTS) is 2. The molecule has 2 N–H and O–H groups in total. The molecule has 0 unspecified atom stereocenters. The van der Waals surface area contributed by atoms with Crippen LogP contribution in [0.2, 0.25) is 0 Å². The Bertz CT molecular complexity index is 638. The van der Waals surface area contributed by atoms with E-state index in [0.29, 0.717) is 12.8 Å². The molecule has 0 fully saturated rings. The number of aryl methyl sites for hydroxylation is 2. The van der Waals surface area contributed by atoms with Crippen molar-refractivity contribution in [2.45, 2.75) is 129 Å². The van der Waals surface area contributed by atoms with Crippen molar-refractivity contribution in [2.75, 3.05) is 0 Å². The van der Waals surface area contributed by atoms with Gasteiger partial charge in [0.25, 0.3) is 0 Å². The minimum atomic E-state index is -0.688. The summed E-state index contributed by atoms with van der Waals surface area (Å²) in [4.78, 5) is 21.3. The van der Waals surface area contributed by atoms with Gasteiger partial charge in [0.15, 0.2) is 0 Å². The van der Waals surface area contributed by atoms with Gasteiger partial charge in [0.2, 0.25) is 0 Å². The van der Waals surface area contributed by atoms with Crippen LogP contribution in [0.5, 0.6) is 0 Å². The maximum Gasteiger partial charge on any atom is 0.303 e. The predicted molar refractivity (Wildman–Crippen MR) is 132 cm³/mol. The van der Waals surface area contributed by atoms with E-state index >= 15 is 0 Å². The largest absolute Gasteiger partial charge is 0.481 e. The van der Waals surface area contributed by atoms with Crippen LogP contribution in [0.25, 0.3) is 0 Å². The molecule has 1 rings (SSSR count). The molecule has 182 valence electrons. The number of unbranched alkanes of at least 4 members (excludes halogenated alkanes) is 11. The Hall–Kier alpha value is -1.84. The van der Waals surface area contributed by atoms with Crippen LogP contribution in [-0.4, -0.2) is 22.2 Å². The maximum atomic E-state index is 10.6. The van der Waals surface area contributed by atoms with E-state index in [4.69, 9.17) is 10.2 Å². The monoisotopic (exact) mass is 446 g/mol. The second-order valence-electron chi connectivity index (χ2n) is 9.19. The number of rotatable bonds is 21. The van der Waals surface area contributed by atoms with Crippen molar-refractivity contribution in [3.8, 4) is 0 Å². The van der Waals surface area contributed by atoms with Crippen molar-refractivity contribution in [1.29, 1.82) is 0 Å². The van der Waals surface area contributed by atoms with E-state index < -0.39 is 11.9 Å². The van der Waals surface area contributed by atoms with E-state index in [9.17, 15) is 9.59 Å². The number of aliphatic carboxylic acids is 2. The molecule has 0 aliphatic rings. The zero-order chi connectivity index (χ0) is 23.4. The van der Waals surface area contributed by atoms with Crippen LogP contribution in [0.15, 0.2) is 18.2 Å². The summed E-state index contributed by atoms with van der Waals surface area (Å²) in [6.07, 6.45) is 19.7. The second-order valence-corrected chi connectivity index (χ2v) is 9.19. The fraction of sp³-hybridized carbons (Fsp3) is 0.714. The number of hydrogen-bond donors (Lipinski definition) is 2. The molecule has 0 amide bonds. The zero-order valence-electron chi connectivity index (χ0n) is 20.4. The van der Waals surface area contributed by atoms with Crippen molar-refractivity contribution in [1.82, 2.24) is 0 Å². The number of carbonyl (C=O) groups is 2. The summed E-state index contributed by atoms with van der Waals surface area (Å²) in [7, 11) is 0. The summed E-state index contributed by atoms with van der Waals surface area (Å²) in [5.74, 6) is -1.37. The molecule has 0 atom stereocenters. The van der Waals surface area contributed by atoms with Gasteiger partial charge >= 0.3 is 11.9 Å². The second kappa shape index (κ2) is 18.7. The lowest BCUT2D eigenvalue weighted by molar-refractivity contribution is -0.138. The quantitative estimate of drug-likeness (QED) is 0.189. The molecule has 0 saturated heterocycles. The molecule has 4 nitrogen and oxygen atoms in total. The van der Waals surface area contributed by atoms with Crippen molar-refractivity contribution in [3.63, 3.8) is 0 Å². The van der Waals surface area contributed by atoms with Gasteiger partial charge < -0.3 is 10.2 Å². The lowest BCUT2D eigenvalue weighted by atomic mass is 9.90. The van der Waals surface area contributed by atoms with E-state index in [1.165, 1.54) is 68.9 Å². The predicted octanol–water partition coefficient (Wildman–Crippen LogP) is 7.74. The molecule has 0 heterocycles. The molecule has 0 radical (unpaired) electrons. The molecule has 4 heteroatoms. The zero-order valence-corrected chi connectivity index (χ0v) is 20.4. The average Bonchev–Trinajstić information content (AvgIpc) is 2.76. The Balaban J connectivity index is 2.52. The van der Waals surface area contributed by atoms with Crippen LogP contribution in [-0.2, 0) is 28.9 Å². The van der Waals surface area contributed by atoms with Crippen LogP contribution >= 0.6 is 0 Å². The van der Waals surface area contributed by atoms with Crippen LogP contribution in [0.1, 0.15) is 126 Å². The topological polar surface area (TPSA) is 74.6 Å². The molecule has 0 bridgehead atoms. The highest BCUT2D eigenvalue weighted by molar-refractivity contribution is 5.66. The molecule has 1 aromatic carbocycles. The van der Waals surface area contributed by atoms with Crippen LogP contribution in [0, 0.1) is 0 Å². The molecular weight excluding hydrogens is 400 g/mol. The van der Waals surface area contributed by atoms with Gasteiger partial charge in [-0.2, -0.15) is 0 Å². The van der Waals surface area contributed by atoms with Crippen molar-refractivity contribution < 1.29 is 19.8 Å². The van der Waals surface area contributed by atoms with Gasteiger partial charge in [-0.25, -0.2) is 0 Å². The SMILES string of the molecule is CCCCCCc1cccc(CCCCCCCC(=O)O)c1CCCCCCCC(=O)O. The number of carboxylic acids is 2. The lowest BCUT2D eigenvalue weighted by Gasteiger charge is -2.16. The summed E-state index contributed by atoms with van der Waals surface area (Å²) in [6, 6.07) is 6.86. The van der Waals surface area contributed by atoms with Gasteiger partial charge in [-0.05, 0) is 68.1 Å².